The van der Waals surface area contributed by atoms with Crippen LogP contribution in [0.4, 0.5) is 17.6 Å². The number of ether oxygens (including phenoxy) is 1. The molecule has 5 heteroatoms. The van der Waals surface area contributed by atoms with Gasteiger partial charge in [-0.2, -0.15) is 0 Å². The Morgan fingerprint density at radius 1 is 0.700 bits per heavy atom. The topological polar surface area (TPSA) is 9.23 Å². The van der Waals surface area contributed by atoms with E-state index in [4.69, 9.17) is 0 Å². The maximum absolute atomic E-state index is 14.9. The van der Waals surface area contributed by atoms with E-state index in [-0.39, 0.29) is 11.6 Å². The number of alkyl halides is 3. The fraction of sp³-hybridized carbons (Fsp3) is 0.120. The molecule has 0 saturated heterocycles. The summed E-state index contributed by atoms with van der Waals surface area (Å²) >= 11 is 0. The highest BCUT2D eigenvalue weighted by Crippen LogP contribution is 2.32. The molecule has 0 radical (unpaired) electrons. The van der Waals surface area contributed by atoms with Crippen LogP contribution in [0.3, 0.4) is 0 Å². The summed E-state index contributed by atoms with van der Waals surface area (Å²) in [6.07, 6.45) is -3.80. The van der Waals surface area contributed by atoms with E-state index in [1.807, 2.05) is 30.3 Å². The first-order chi connectivity index (χ1) is 14.3. The Morgan fingerprint density at radius 3 is 2.00 bits per heavy atom. The average Bonchev–Trinajstić information content (AvgIpc) is 2.72. The van der Waals surface area contributed by atoms with Crippen LogP contribution in [0.5, 0.6) is 5.75 Å². The fourth-order valence-electron chi connectivity index (χ4n) is 3.45. The maximum Gasteiger partial charge on any atom is 0.573 e. The van der Waals surface area contributed by atoms with Gasteiger partial charge < -0.3 is 4.74 Å². The van der Waals surface area contributed by atoms with Crippen LogP contribution in [-0.4, -0.2) is 6.36 Å². The Kier molecular flexibility index (Phi) is 5.20. The summed E-state index contributed by atoms with van der Waals surface area (Å²) < 4.78 is 56.0. The number of benzene rings is 4. The second kappa shape index (κ2) is 7.82. The molecule has 0 N–H and O–H groups in total. The summed E-state index contributed by atoms with van der Waals surface area (Å²) in [5, 5.41) is 1.27. The molecule has 0 aromatic heterocycles. The Bertz CT molecular complexity index is 1190. The van der Waals surface area contributed by atoms with Crippen LogP contribution < -0.4 is 4.74 Å². The van der Waals surface area contributed by atoms with Crippen molar-refractivity contribution in [1.82, 2.24) is 0 Å². The van der Waals surface area contributed by atoms with Gasteiger partial charge in [0.2, 0.25) is 0 Å². The first kappa shape index (κ1) is 20.0. The van der Waals surface area contributed by atoms with Crippen molar-refractivity contribution in [2.24, 2.45) is 0 Å². The molecule has 0 fully saturated rings. The summed E-state index contributed by atoms with van der Waals surface area (Å²) in [5.74, 6) is -0.643. The van der Waals surface area contributed by atoms with Crippen molar-refractivity contribution in [3.8, 4) is 28.0 Å². The average molecular weight is 410 g/mol. The summed E-state index contributed by atoms with van der Waals surface area (Å²) in [6, 6.07) is 22.3. The van der Waals surface area contributed by atoms with Crippen LogP contribution in [0, 0.1) is 5.82 Å². The van der Waals surface area contributed by atoms with Crippen molar-refractivity contribution >= 4 is 10.8 Å². The minimum Gasteiger partial charge on any atom is -0.406 e. The minimum absolute atomic E-state index is 0.285. The highest BCUT2D eigenvalue weighted by atomic mass is 19.4. The van der Waals surface area contributed by atoms with E-state index in [0.29, 0.717) is 21.9 Å². The first-order valence-electron chi connectivity index (χ1n) is 9.51. The molecule has 0 amide bonds. The third kappa shape index (κ3) is 4.30. The predicted molar refractivity (Wildman–Crippen MR) is 111 cm³/mol. The molecule has 4 aromatic carbocycles. The van der Waals surface area contributed by atoms with Crippen molar-refractivity contribution in [2.45, 2.75) is 19.7 Å². The van der Waals surface area contributed by atoms with Gasteiger partial charge >= 0.3 is 6.36 Å². The zero-order valence-corrected chi connectivity index (χ0v) is 16.1. The van der Waals surface area contributed by atoms with Gasteiger partial charge in [-0.1, -0.05) is 61.5 Å². The second-order valence-corrected chi connectivity index (χ2v) is 7.02. The smallest absolute Gasteiger partial charge is 0.406 e. The highest BCUT2D eigenvalue weighted by Gasteiger charge is 2.31. The van der Waals surface area contributed by atoms with Gasteiger partial charge in [0, 0.05) is 5.56 Å². The molecular weight excluding hydrogens is 392 g/mol. The number of rotatable bonds is 4. The zero-order chi connectivity index (χ0) is 21.3. The number of hydrogen-bond acceptors (Lipinski definition) is 1. The highest BCUT2D eigenvalue weighted by molar-refractivity contribution is 5.88. The Morgan fingerprint density at radius 2 is 1.33 bits per heavy atom. The van der Waals surface area contributed by atoms with Crippen molar-refractivity contribution in [2.75, 3.05) is 0 Å². The monoisotopic (exact) mass is 410 g/mol. The molecule has 0 aliphatic heterocycles. The van der Waals surface area contributed by atoms with Gasteiger partial charge in [-0.15, -0.1) is 13.2 Å². The van der Waals surface area contributed by atoms with Crippen LogP contribution in [-0.2, 0) is 6.42 Å². The molecule has 1 nitrogen and oxygen atoms in total. The van der Waals surface area contributed by atoms with Crippen LogP contribution in [0.25, 0.3) is 33.0 Å². The quantitative estimate of drug-likeness (QED) is 0.312. The summed E-state index contributed by atoms with van der Waals surface area (Å²) in [6.45, 7) is 2.08. The van der Waals surface area contributed by atoms with E-state index in [0.717, 1.165) is 17.5 Å². The van der Waals surface area contributed by atoms with Gasteiger partial charge in [-0.05, 0) is 63.7 Å². The molecule has 0 saturated carbocycles. The van der Waals surface area contributed by atoms with E-state index in [2.05, 4.69) is 11.7 Å². The predicted octanol–water partition coefficient (Wildman–Crippen LogP) is 7.77. The fourth-order valence-corrected chi connectivity index (χ4v) is 3.45. The lowest BCUT2D eigenvalue weighted by atomic mass is 9.97. The Balaban J connectivity index is 1.65. The van der Waals surface area contributed by atoms with Crippen LogP contribution in [0.1, 0.15) is 12.5 Å². The molecule has 4 rings (SSSR count). The largest absolute Gasteiger partial charge is 0.573 e. The molecule has 0 spiro atoms. The summed E-state index contributed by atoms with van der Waals surface area (Å²) in [4.78, 5) is 0. The SMILES string of the molecule is CCc1ccc(-c2ccc(-c3ccc4cc(OC(F)(F)F)ccc4c3)c(F)c2)cc1. The van der Waals surface area contributed by atoms with Crippen molar-refractivity contribution in [3.63, 3.8) is 0 Å². The van der Waals surface area contributed by atoms with E-state index >= 15 is 0 Å². The van der Waals surface area contributed by atoms with Gasteiger partial charge in [0.15, 0.2) is 0 Å². The molecule has 30 heavy (non-hydrogen) atoms. The number of halogens is 4. The van der Waals surface area contributed by atoms with Gasteiger partial charge in [-0.3, -0.25) is 0 Å². The molecule has 4 aromatic rings. The molecule has 152 valence electrons. The number of hydrogen-bond donors (Lipinski definition) is 0. The molecule has 0 bridgehead atoms. The van der Waals surface area contributed by atoms with Crippen LogP contribution >= 0.6 is 0 Å². The minimum atomic E-state index is -4.74. The van der Waals surface area contributed by atoms with Gasteiger partial charge in [-0.25, -0.2) is 4.39 Å². The third-order valence-corrected chi connectivity index (χ3v) is 5.02. The van der Waals surface area contributed by atoms with Gasteiger partial charge in [0.05, 0.1) is 0 Å². The third-order valence-electron chi connectivity index (χ3n) is 5.02. The molecule has 0 unspecified atom stereocenters. The number of fused-ring (bicyclic) bond motifs is 1. The normalized spacial score (nSPS) is 11.6. The lowest BCUT2D eigenvalue weighted by molar-refractivity contribution is -0.274. The van der Waals surface area contributed by atoms with E-state index in [1.54, 1.807) is 24.3 Å². The van der Waals surface area contributed by atoms with Crippen LogP contribution in [0.15, 0.2) is 78.9 Å². The first-order valence-corrected chi connectivity index (χ1v) is 9.51. The maximum atomic E-state index is 14.9. The van der Waals surface area contributed by atoms with Gasteiger partial charge in [0.1, 0.15) is 11.6 Å². The van der Waals surface area contributed by atoms with E-state index in [1.165, 1.54) is 29.8 Å². The standard InChI is InChI=1S/C25H18F4O/c1-2-16-3-5-17(6-4-16)20-10-12-23(24(26)15-20)21-8-7-19-14-22(30-25(27,28)29)11-9-18(19)13-21/h3-15H,2H2,1H3. The van der Waals surface area contributed by atoms with E-state index < -0.39 is 6.36 Å². The summed E-state index contributed by atoms with van der Waals surface area (Å²) in [7, 11) is 0. The molecule has 0 aliphatic carbocycles. The molecule has 0 heterocycles. The second-order valence-electron chi connectivity index (χ2n) is 7.02. The number of aryl methyl sites for hydroxylation is 1. The molecular formula is C25H18F4O. The van der Waals surface area contributed by atoms with Crippen LogP contribution in [0.2, 0.25) is 0 Å². The lowest BCUT2D eigenvalue weighted by Gasteiger charge is -2.11. The van der Waals surface area contributed by atoms with E-state index in [9.17, 15) is 17.6 Å². The van der Waals surface area contributed by atoms with Crippen molar-refractivity contribution in [3.05, 3.63) is 90.2 Å². The Labute approximate surface area is 171 Å². The lowest BCUT2D eigenvalue weighted by Crippen LogP contribution is -2.16. The molecule has 0 atom stereocenters. The van der Waals surface area contributed by atoms with Crippen molar-refractivity contribution < 1.29 is 22.3 Å². The Hall–Kier alpha value is -3.34. The zero-order valence-electron chi connectivity index (χ0n) is 16.1. The van der Waals surface area contributed by atoms with Crippen molar-refractivity contribution in [1.29, 1.82) is 0 Å². The molecule has 0 aliphatic rings. The van der Waals surface area contributed by atoms with Gasteiger partial charge in [0.25, 0.3) is 0 Å². The summed E-state index contributed by atoms with van der Waals surface area (Å²) in [5.41, 5.74) is 4.02.